The minimum absolute atomic E-state index is 0.0325. The minimum Gasteiger partial charge on any atom is -0.378 e. The molecule has 37 heavy (non-hydrogen) atoms. The molecule has 7 nitrogen and oxygen atoms in total. The molecule has 1 aromatic heterocycles. The lowest BCUT2D eigenvalue weighted by Gasteiger charge is -2.23. The Labute approximate surface area is 215 Å². The number of carbonyl (C=O) groups is 1. The first-order valence-corrected chi connectivity index (χ1v) is 12.9. The van der Waals surface area contributed by atoms with Gasteiger partial charge in [-0.2, -0.15) is 0 Å². The first kappa shape index (κ1) is 26.7. The molecule has 9 heteroatoms. The van der Waals surface area contributed by atoms with Crippen molar-refractivity contribution in [1.82, 2.24) is 15.0 Å². The molecular formula is C28H34F2N4O3. The van der Waals surface area contributed by atoms with Crippen LogP contribution in [0.3, 0.4) is 0 Å². The van der Waals surface area contributed by atoms with Crippen LogP contribution in [0.2, 0.25) is 0 Å². The van der Waals surface area contributed by atoms with E-state index in [2.05, 4.69) is 24.6 Å². The van der Waals surface area contributed by atoms with Crippen LogP contribution in [0.1, 0.15) is 99.0 Å². The molecule has 0 saturated heterocycles. The maximum absolute atomic E-state index is 14.9. The SMILES string of the molecule is CCCC(CCC)c1nc2c(C(C)Nc3ccc(F)cc3C(=O)NOC)cc(F)cc2c(=O)n1C1CC1. The largest absolute Gasteiger partial charge is 0.378 e. The molecular weight excluding hydrogens is 478 g/mol. The highest BCUT2D eigenvalue weighted by Gasteiger charge is 2.31. The van der Waals surface area contributed by atoms with Gasteiger partial charge in [-0.3, -0.25) is 19.0 Å². The number of fused-ring (bicyclic) bond motifs is 1. The minimum atomic E-state index is -0.629. The summed E-state index contributed by atoms with van der Waals surface area (Å²) in [6.07, 6.45) is 5.60. The Balaban J connectivity index is 1.84. The predicted molar refractivity (Wildman–Crippen MR) is 140 cm³/mol. The van der Waals surface area contributed by atoms with Crippen LogP contribution in [0, 0.1) is 11.6 Å². The van der Waals surface area contributed by atoms with Gasteiger partial charge in [-0.05, 0) is 62.9 Å². The first-order chi connectivity index (χ1) is 17.8. The van der Waals surface area contributed by atoms with Crippen LogP contribution in [0.5, 0.6) is 0 Å². The van der Waals surface area contributed by atoms with Crippen LogP contribution >= 0.6 is 0 Å². The van der Waals surface area contributed by atoms with Gasteiger partial charge in [0.25, 0.3) is 11.5 Å². The highest BCUT2D eigenvalue weighted by atomic mass is 19.1. The van der Waals surface area contributed by atoms with Crippen LogP contribution in [0.25, 0.3) is 10.9 Å². The average Bonchev–Trinajstić information content (AvgIpc) is 3.70. The van der Waals surface area contributed by atoms with Crippen molar-refractivity contribution in [3.8, 4) is 0 Å². The summed E-state index contributed by atoms with van der Waals surface area (Å²) in [5.41, 5.74) is 3.28. The van der Waals surface area contributed by atoms with Crippen LogP contribution in [-0.2, 0) is 4.84 Å². The molecule has 1 amide bonds. The van der Waals surface area contributed by atoms with E-state index < -0.39 is 23.6 Å². The van der Waals surface area contributed by atoms with Gasteiger partial charge < -0.3 is 5.32 Å². The summed E-state index contributed by atoms with van der Waals surface area (Å²) >= 11 is 0. The summed E-state index contributed by atoms with van der Waals surface area (Å²) in [5.74, 6) is -0.850. The van der Waals surface area contributed by atoms with Gasteiger partial charge in [-0.25, -0.2) is 19.2 Å². The zero-order valence-electron chi connectivity index (χ0n) is 21.7. The third-order valence-corrected chi connectivity index (χ3v) is 6.84. The van der Waals surface area contributed by atoms with Crippen LogP contribution in [0.15, 0.2) is 35.1 Å². The maximum Gasteiger partial charge on any atom is 0.277 e. The average molecular weight is 513 g/mol. The summed E-state index contributed by atoms with van der Waals surface area (Å²) in [4.78, 5) is 35.9. The summed E-state index contributed by atoms with van der Waals surface area (Å²) < 4.78 is 30.6. The molecule has 2 aromatic carbocycles. The third kappa shape index (κ3) is 5.66. The van der Waals surface area contributed by atoms with Gasteiger partial charge in [0.1, 0.15) is 17.5 Å². The maximum atomic E-state index is 14.9. The zero-order valence-corrected chi connectivity index (χ0v) is 21.7. The number of hydrogen-bond donors (Lipinski definition) is 2. The van der Waals surface area contributed by atoms with E-state index in [1.165, 1.54) is 31.4 Å². The van der Waals surface area contributed by atoms with E-state index in [0.29, 0.717) is 16.8 Å². The number of amides is 1. The van der Waals surface area contributed by atoms with Gasteiger partial charge in [0.05, 0.1) is 29.6 Å². The summed E-state index contributed by atoms with van der Waals surface area (Å²) in [7, 11) is 1.29. The first-order valence-electron chi connectivity index (χ1n) is 12.9. The highest BCUT2D eigenvalue weighted by molar-refractivity contribution is 5.99. The lowest BCUT2D eigenvalue weighted by Crippen LogP contribution is -2.27. The third-order valence-electron chi connectivity index (χ3n) is 6.84. The van der Waals surface area contributed by atoms with Gasteiger partial charge >= 0.3 is 0 Å². The van der Waals surface area contributed by atoms with Crippen molar-refractivity contribution in [3.63, 3.8) is 0 Å². The molecule has 1 heterocycles. The molecule has 198 valence electrons. The van der Waals surface area contributed by atoms with Gasteiger partial charge in [-0.15, -0.1) is 0 Å². The zero-order chi connectivity index (χ0) is 26.7. The number of nitrogens with one attached hydrogen (secondary N) is 2. The van der Waals surface area contributed by atoms with Crippen LogP contribution in [-0.4, -0.2) is 22.6 Å². The Morgan fingerprint density at radius 3 is 2.46 bits per heavy atom. The number of nitrogens with zero attached hydrogens (tertiary/aromatic N) is 2. The second-order valence-corrected chi connectivity index (χ2v) is 9.73. The van der Waals surface area contributed by atoms with E-state index in [1.54, 1.807) is 11.5 Å². The van der Waals surface area contributed by atoms with Crippen LogP contribution in [0.4, 0.5) is 14.5 Å². The molecule has 1 atom stereocenters. The molecule has 3 aromatic rings. The summed E-state index contributed by atoms with van der Waals surface area (Å²) in [6, 6.07) is 5.95. The number of halogens is 2. The van der Waals surface area contributed by atoms with Crippen molar-refractivity contribution in [2.75, 3.05) is 12.4 Å². The summed E-state index contributed by atoms with van der Waals surface area (Å²) in [6.45, 7) is 6.03. The van der Waals surface area contributed by atoms with Crippen molar-refractivity contribution in [3.05, 3.63) is 69.3 Å². The van der Waals surface area contributed by atoms with Crippen molar-refractivity contribution in [2.45, 2.75) is 77.3 Å². The Morgan fingerprint density at radius 2 is 1.84 bits per heavy atom. The fourth-order valence-electron chi connectivity index (χ4n) is 5.00. The van der Waals surface area contributed by atoms with E-state index >= 15 is 0 Å². The standard InChI is InChI=1S/C28H34F2N4O3/c1-5-7-17(8-6-2)26-32-25-21(14-19(30)15-23(25)28(36)34(26)20-10-11-20)16(3)31-24-12-9-18(29)13-22(24)27(35)33-37-4/h9,12-17,20,31H,5-8,10-11H2,1-4H3,(H,33,35). The number of hydroxylamine groups is 1. The Bertz CT molecular complexity index is 1350. The van der Waals surface area contributed by atoms with Gasteiger partial charge in [0.2, 0.25) is 0 Å². The number of rotatable bonds is 11. The quantitative estimate of drug-likeness (QED) is 0.301. The van der Waals surface area contributed by atoms with E-state index in [1.807, 2.05) is 0 Å². The monoisotopic (exact) mass is 512 g/mol. The molecule has 0 spiro atoms. The summed E-state index contributed by atoms with van der Waals surface area (Å²) in [5, 5.41) is 3.42. The fraction of sp³-hybridized carbons (Fsp3) is 0.464. The highest BCUT2D eigenvalue weighted by Crippen LogP contribution is 2.38. The van der Waals surface area contributed by atoms with Crippen molar-refractivity contribution < 1.29 is 18.4 Å². The van der Waals surface area contributed by atoms with Crippen LogP contribution < -0.4 is 16.4 Å². The van der Waals surface area contributed by atoms with Gasteiger partial charge in [-0.1, -0.05) is 26.7 Å². The van der Waals surface area contributed by atoms with E-state index in [4.69, 9.17) is 9.82 Å². The lowest BCUT2D eigenvalue weighted by molar-refractivity contribution is 0.0538. The van der Waals surface area contributed by atoms with E-state index in [-0.39, 0.29) is 28.5 Å². The number of anilines is 1. The van der Waals surface area contributed by atoms with Gasteiger partial charge in [0, 0.05) is 23.2 Å². The normalized spacial score (nSPS) is 14.2. The van der Waals surface area contributed by atoms with Crippen molar-refractivity contribution >= 4 is 22.5 Å². The van der Waals surface area contributed by atoms with E-state index in [9.17, 15) is 18.4 Å². The molecule has 2 N–H and O–H groups in total. The molecule has 0 bridgehead atoms. The molecule has 1 aliphatic carbocycles. The second kappa shape index (κ2) is 11.4. The molecule has 1 saturated carbocycles. The van der Waals surface area contributed by atoms with Crippen molar-refractivity contribution in [1.29, 1.82) is 0 Å². The molecule has 0 aliphatic heterocycles. The molecule has 1 fully saturated rings. The molecule has 0 radical (unpaired) electrons. The number of benzene rings is 2. The lowest BCUT2D eigenvalue weighted by atomic mass is 9.96. The van der Waals surface area contributed by atoms with Gasteiger partial charge in [0.15, 0.2) is 0 Å². The number of hydrogen-bond acceptors (Lipinski definition) is 5. The molecule has 1 unspecified atom stereocenters. The predicted octanol–water partition coefficient (Wildman–Crippen LogP) is 6.16. The smallest absolute Gasteiger partial charge is 0.277 e. The molecule has 4 rings (SSSR count). The van der Waals surface area contributed by atoms with Crippen molar-refractivity contribution in [2.24, 2.45) is 0 Å². The second-order valence-electron chi connectivity index (χ2n) is 9.73. The number of aromatic nitrogens is 2. The molecule has 1 aliphatic rings. The Morgan fingerprint density at radius 1 is 1.14 bits per heavy atom. The topological polar surface area (TPSA) is 85.2 Å². The van der Waals surface area contributed by atoms with E-state index in [0.717, 1.165) is 50.4 Å². The Hall–Kier alpha value is -3.33. The Kier molecular flexibility index (Phi) is 8.22. The fourth-order valence-corrected chi connectivity index (χ4v) is 5.00. The number of carbonyl (C=O) groups excluding carboxylic acids is 1.